The van der Waals surface area contributed by atoms with Gasteiger partial charge in [-0.3, -0.25) is 10.1 Å². The summed E-state index contributed by atoms with van der Waals surface area (Å²) in [6.07, 6.45) is 5.70. The molecule has 0 spiro atoms. The zero-order valence-corrected chi connectivity index (χ0v) is 26.1. The van der Waals surface area contributed by atoms with Crippen LogP contribution in [-0.4, -0.2) is 34.8 Å². The highest BCUT2D eigenvalue weighted by Gasteiger charge is 2.39. The average Bonchev–Trinajstić information content (AvgIpc) is 3.94. The molecule has 1 aliphatic carbocycles. The number of hydrogen-bond donors (Lipinski definition) is 2. The topological polar surface area (TPSA) is 74.6 Å². The van der Waals surface area contributed by atoms with Gasteiger partial charge in [0.05, 0.1) is 27.2 Å². The molecule has 0 amide bonds. The minimum absolute atomic E-state index is 0.00111. The zero-order valence-electron chi connectivity index (χ0n) is 25.3. The van der Waals surface area contributed by atoms with E-state index in [0.717, 1.165) is 48.8 Å². The van der Waals surface area contributed by atoms with Crippen LogP contribution in [0, 0.1) is 5.82 Å². The number of halogens is 2. The molecule has 7 rings (SSSR count). The van der Waals surface area contributed by atoms with Crippen LogP contribution in [0.25, 0.3) is 10.9 Å². The Morgan fingerprint density at radius 3 is 1.96 bits per heavy atom. The molecule has 1 aliphatic heterocycles. The Balaban J connectivity index is 1.34. The van der Waals surface area contributed by atoms with Gasteiger partial charge in [0.2, 0.25) is 5.43 Å². The largest absolute Gasteiger partial charge is 0.477 e. The van der Waals surface area contributed by atoms with Crippen molar-refractivity contribution in [2.24, 2.45) is 0 Å². The van der Waals surface area contributed by atoms with E-state index >= 15 is 4.39 Å². The van der Waals surface area contributed by atoms with Crippen molar-refractivity contribution in [1.82, 2.24) is 9.88 Å². The minimum atomic E-state index is -1.33. The number of carboxylic acids is 1. The summed E-state index contributed by atoms with van der Waals surface area (Å²) in [5.41, 5.74) is 2.17. The predicted octanol–water partition coefficient (Wildman–Crippen LogP) is 7.77. The van der Waals surface area contributed by atoms with Gasteiger partial charge in [-0.15, -0.1) is 0 Å². The number of pyridine rings is 1. The van der Waals surface area contributed by atoms with Gasteiger partial charge < -0.3 is 14.6 Å². The Hall–Kier alpha value is -4.46. The number of hydrogen-bond acceptors (Lipinski definition) is 4. The van der Waals surface area contributed by atoms with Crippen LogP contribution in [0.15, 0.2) is 108 Å². The average molecular weight is 636 g/mol. The maximum atomic E-state index is 16.2. The minimum Gasteiger partial charge on any atom is -0.477 e. The normalized spacial score (nSPS) is 17.2. The van der Waals surface area contributed by atoms with Gasteiger partial charge in [-0.2, -0.15) is 0 Å². The van der Waals surface area contributed by atoms with Crippen molar-refractivity contribution in [2.75, 3.05) is 18.0 Å². The molecule has 46 heavy (non-hydrogen) atoms. The van der Waals surface area contributed by atoms with E-state index in [1.165, 1.54) is 12.3 Å². The molecular weight excluding hydrogens is 601 g/mol. The van der Waals surface area contributed by atoms with E-state index in [4.69, 9.17) is 11.6 Å². The van der Waals surface area contributed by atoms with Gasteiger partial charge in [0.25, 0.3) is 0 Å². The lowest BCUT2D eigenvalue weighted by molar-refractivity contribution is 0.0695. The molecule has 1 aromatic heterocycles. The summed E-state index contributed by atoms with van der Waals surface area (Å²) in [6, 6.07) is 32.4. The standard InChI is InChI=1S/C38H35ClFN3O3/c39-33-34-30(36(44)31(37(45)46)24-43(34)29-19-20-29)22-32(40)35(33)42-21-11-10-18-28(23-42)41-38(25-12-4-1-5-13-25,26-14-6-2-7-15-26)27-16-8-3-9-17-27/h1-9,12-17,22,24,28-29,41H,10-11,18-21,23H2,(H,45,46)/t28-/m1/s1. The quantitative estimate of drug-likeness (QED) is 0.170. The maximum Gasteiger partial charge on any atom is 0.341 e. The molecular formula is C38H35ClFN3O3. The molecule has 1 saturated carbocycles. The molecule has 2 aliphatic rings. The van der Waals surface area contributed by atoms with Crippen LogP contribution in [0.2, 0.25) is 5.02 Å². The first-order chi connectivity index (χ1) is 22.4. The number of rotatable bonds is 8. The monoisotopic (exact) mass is 635 g/mol. The van der Waals surface area contributed by atoms with Gasteiger partial charge in [-0.1, -0.05) is 109 Å². The smallest absolute Gasteiger partial charge is 0.341 e. The second-order valence-corrected chi connectivity index (χ2v) is 12.7. The molecule has 2 fully saturated rings. The molecule has 2 heterocycles. The summed E-state index contributed by atoms with van der Waals surface area (Å²) >= 11 is 7.07. The number of nitrogens with zero attached hydrogens (tertiary/aromatic N) is 2. The molecule has 0 bridgehead atoms. The van der Waals surface area contributed by atoms with Crippen LogP contribution in [-0.2, 0) is 5.54 Å². The highest BCUT2D eigenvalue weighted by atomic mass is 35.5. The highest BCUT2D eigenvalue weighted by molar-refractivity contribution is 6.38. The molecule has 1 saturated heterocycles. The van der Waals surface area contributed by atoms with Crippen LogP contribution in [0.4, 0.5) is 10.1 Å². The molecule has 2 N–H and O–H groups in total. The molecule has 0 unspecified atom stereocenters. The third-order valence-corrected chi connectivity index (χ3v) is 9.74. The van der Waals surface area contributed by atoms with E-state index in [9.17, 15) is 14.7 Å². The van der Waals surface area contributed by atoms with E-state index in [2.05, 4.69) is 78.1 Å². The number of nitrogens with one attached hydrogen (secondary N) is 1. The lowest BCUT2D eigenvalue weighted by atomic mass is 9.76. The van der Waals surface area contributed by atoms with Crippen LogP contribution in [0.1, 0.15) is 65.2 Å². The summed E-state index contributed by atoms with van der Waals surface area (Å²) in [5.74, 6) is -1.96. The van der Waals surface area contributed by atoms with E-state index in [-0.39, 0.29) is 33.7 Å². The van der Waals surface area contributed by atoms with Gasteiger partial charge in [-0.05, 0) is 48.4 Å². The first-order valence-electron chi connectivity index (χ1n) is 15.9. The van der Waals surface area contributed by atoms with E-state index in [1.54, 1.807) is 4.57 Å². The molecule has 234 valence electrons. The molecule has 1 atom stereocenters. The van der Waals surface area contributed by atoms with Crippen LogP contribution < -0.4 is 15.6 Å². The lowest BCUT2D eigenvalue weighted by Crippen LogP contribution is -2.53. The summed E-state index contributed by atoms with van der Waals surface area (Å²) < 4.78 is 17.9. The molecule has 4 aromatic carbocycles. The third-order valence-electron chi connectivity index (χ3n) is 9.38. The van der Waals surface area contributed by atoms with E-state index in [1.807, 2.05) is 23.1 Å². The fourth-order valence-electron chi connectivity index (χ4n) is 7.10. The second kappa shape index (κ2) is 12.4. The number of aromatic nitrogens is 1. The van der Waals surface area contributed by atoms with E-state index in [0.29, 0.717) is 18.6 Å². The highest BCUT2D eigenvalue weighted by Crippen LogP contribution is 2.43. The summed E-state index contributed by atoms with van der Waals surface area (Å²) in [6.45, 7) is 1.08. The fourth-order valence-corrected chi connectivity index (χ4v) is 7.51. The van der Waals surface area contributed by atoms with Crippen LogP contribution in [0.5, 0.6) is 0 Å². The number of carboxylic acid groups (broad SMARTS) is 1. The van der Waals surface area contributed by atoms with Gasteiger partial charge in [-0.25, -0.2) is 9.18 Å². The van der Waals surface area contributed by atoms with Crippen molar-refractivity contribution in [3.8, 4) is 0 Å². The van der Waals surface area contributed by atoms with Crippen molar-refractivity contribution in [3.63, 3.8) is 0 Å². The molecule has 6 nitrogen and oxygen atoms in total. The van der Waals surface area contributed by atoms with Gasteiger partial charge in [0.1, 0.15) is 11.4 Å². The number of fused-ring (bicyclic) bond motifs is 1. The van der Waals surface area contributed by atoms with Gasteiger partial charge >= 0.3 is 5.97 Å². The zero-order chi connectivity index (χ0) is 31.8. The summed E-state index contributed by atoms with van der Waals surface area (Å²) in [5, 5.41) is 13.9. The maximum absolute atomic E-state index is 16.2. The summed E-state index contributed by atoms with van der Waals surface area (Å²) in [4.78, 5) is 27.1. The van der Waals surface area contributed by atoms with Crippen molar-refractivity contribution in [2.45, 2.75) is 49.7 Å². The number of carbonyl (C=O) groups is 1. The predicted molar refractivity (Wildman–Crippen MR) is 181 cm³/mol. The Morgan fingerprint density at radius 2 is 1.43 bits per heavy atom. The van der Waals surface area contributed by atoms with Gasteiger partial charge in [0, 0.05) is 31.4 Å². The lowest BCUT2D eigenvalue weighted by Gasteiger charge is -2.41. The Morgan fingerprint density at radius 1 is 0.870 bits per heavy atom. The number of anilines is 1. The molecule has 8 heteroatoms. The Kier molecular flexibility index (Phi) is 8.13. The Labute approximate surface area is 272 Å². The van der Waals surface area contributed by atoms with Crippen LogP contribution in [0.3, 0.4) is 0 Å². The van der Waals surface area contributed by atoms with Crippen molar-refractivity contribution in [1.29, 1.82) is 0 Å². The van der Waals surface area contributed by atoms with Gasteiger partial charge in [0.15, 0.2) is 0 Å². The number of aromatic carboxylic acids is 1. The van der Waals surface area contributed by atoms with Crippen molar-refractivity contribution >= 4 is 34.2 Å². The van der Waals surface area contributed by atoms with Crippen molar-refractivity contribution in [3.05, 3.63) is 147 Å². The van der Waals surface area contributed by atoms with Crippen LogP contribution >= 0.6 is 11.6 Å². The van der Waals surface area contributed by atoms with E-state index < -0.39 is 22.8 Å². The number of benzene rings is 4. The van der Waals surface area contributed by atoms with Crippen molar-refractivity contribution < 1.29 is 14.3 Å². The first-order valence-corrected chi connectivity index (χ1v) is 16.3. The molecule has 0 radical (unpaired) electrons. The first kappa shape index (κ1) is 30.2. The second-order valence-electron chi connectivity index (χ2n) is 12.4. The molecule has 5 aromatic rings. The third kappa shape index (κ3) is 5.37. The fraction of sp³-hybridized carbons (Fsp3) is 0.263. The summed E-state index contributed by atoms with van der Waals surface area (Å²) in [7, 11) is 0. The SMILES string of the molecule is O=C(O)c1cn(C2CC2)c2c(Cl)c(N3CCCC[C@@H](NC(c4ccccc4)(c4ccccc4)c4ccccc4)C3)c(F)cc2c1=O. The Bertz CT molecular complexity index is 1850.